The lowest BCUT2D eigenvalue weighted by molar-refractivity contribution is -0.123. The van der Waals surface area contributed by atoms with Crippen LogP contribution in [0.3, 0.4) is 0 Å². The number of methoxy groups -OCH3 is 1. The molecule has 0 spiro atoms. The SMILES string of the molecule is COc1cc2ccc1OCC(=O)NCc1ccc(cc1)O[C@H]1CN(C(=O)c3ccc[nH]3)C[C@@H]1NC(=O)CC2. The monoisotopic (exact) mass is 518 g/mol. The zero-order valence-corrected chi connectivity index (χ0v) is 21.1. The molecule has 0 saturated carbocycles. The normalized spacial score (nSPS) is 20.1. The number of aryl methyl sites for hydroxylation is 1. The summed E-state index contributed by atoms with van der Waals surface area (Å²) in [5, 5.41) is 5.92. The van der Waals surface area contributed by atoms with Gasteiger partial charge in [-0.2, -0.15) is 0 Å². The van der Waals surface area contributed by atoms with Gasteiger partial charge in [-0.05, 0) is 53.9 Å². The Hall–Kier alpha value is -4.47. The van der Waals surface area contributed by atoms with E-state index in [-0.39, 0.29) is 36.8 Å². The van der Waals surface area contributed by atoms with Crippen molar-refractivity contribution in [3.05, 3.63) is 77.6 Å². The fourth-order valence-corrected chi connectivity index (χ4v) is 4.61. The second-order valence-electron chi connectivity index (χ2n) is 9.32. The van der Waals surface area contributed by atoms with Gasteiger partial charge in [0.25, 0.3) is 11.8 Å². The van der Waals surface area contributed by atoms with Gasteiger partial charge < -0.3 is 34.7 Å². The lowest BCUT2D eigenvalue weighted by atomic mass is 10.1. The van der Waals surface area contributed by atoms with E-state index in [4.69, 9.17) is 14.2 Å². The summed E-state index contributed by atoms with van der Waals surface area (Å²) >= 11 is 0. The molecule has 6 heterocycles. The molecule has 2 atom stereocenters. The number of carbonyl (C=O) groups excluding carboxylic acids is 3. The Balaban J connectivity index is 1.37. The molecular formula is C28H30N4O6. The van der Waals surface area contributed by atoms with Crippen LogP contribution in [0.4, 0.5) is 0 Å². The van der Waals surface area contributed by atoms with Crippen LogP contribution in [0, 0.1) is 0 Å². The highest BCUT2D eigenvalue weighted by Crippen LogP contribution is 2.29. The van der Waals surface area contributed by atoms with E-state index in [1.165, 1.54) is 7.11 Å². The fraction of sp³-hybridized carbons (Fsp3) is 0.321. The number of aromatic amines is 1. The Bertz CT molecular complexity index is 1290. The van der Waals surface area contributed by atoms with Gasteiger partial charge in [0, 0.05) is 25.7 Å². The number of nitrogens with one attached hydrogen (secondary N) is 3. The number of amides is 3. The molecule has 3 N–H and O–H groups in total. The van der Waals surface area contributed by atoms with E-state index in [0.29, 0.717) is 49.0 Å². The minimum Gasteiger partial charge on any atom is -0.493 e. The standard InChI is InChI=1S/C28H30N4O6/c1-36-24-13-18-6-10-23(24)37-17-27(34)30-14-19-4-8-20(9-5-19)38-25-16-32(28(35)21-3-2-12-29-21)15-22(25)31-26(33)11-7-18/h2-6,8-10,12-13,22,25,29H,7,11,14-17H2,1H3,(H,30,34)(H,31,33)/t22-,25-/m0/s1. The Morgan fingerprint density at radius 2 is 1.82 bits per heavy atom. The average molecular weight is 519 g/mol. The molecule has 1 saturated heterocycles. The maximum absolute atomic E-state index is 13.0. The number of likely N-dealkylation sites (tertiary alicyclic amines) is 1. The van der Waals surface area contributed by atoms with Crippen molar-refractivity contribution in [3.8, 4) is 17.2 Å². The number of carbonyl (C=O) groups is 3. The van der Waals surface area contributed by atoms with Crippen LogP contribution in [0.25, 0.3) is 0 Å². The first-order valence-electron chi connectivity index (χ1n) is 12.5. The molecule has 10 heteroatoms. The molecule has 5 aliphatic heterocycles. The molecule has 0 aliphatic carbocycles. The Labute approximate surface area is 220 Å². The van der Waals surface area contributed by atoms with Crippen molar-refractivity contribution < 1.29 is 28.6 Å². The van der Waals surface area contributed by atoms with Gasteiger partial charge in [-0.1, -0.05) is 18.2 Å². The largest absolute Gasteiger partial charge is 0.493 e. The van der Waals surface area contributed by atoms with Gasteiger partial charge in [-0.25, -0.2) is 0 Å². The van der Waals surface area contributed by atoms with Crippen LogP contribution < -0.4 is 24.8 Å². The summed E-state index contributed by atoms with van der Waals surface area (Å²) in [7, 11) is 1.53. The van der Waals surface area contributed by atoms with Crippen molar-refractivity contribution >= 4 is 17.7 Å². The van der Waals surface area contributed by atoms with Crippen LogP contribution in [0.2, 0.25) is 0 Å². The molecule has 8 rings (SSSR count). The van der Waals surface area contributed by atoms with E-state index in [1.807, 2.05) is 30.3 Å². The summed E-state index contributed by atoms with van der Waals surface area (Å²) in [4.78, 5) is 42.9. The summed E-state index contributed by atoms with van der Waals surface area (Å²) in [5.41, 5.74) is 2.27. The molecule has 0 radical (unpaired) electrons. The zero-order chi connectivity index (χ0) is 26.5. The highest BCUT2D eigenvalue weighted by Gasteiger charge is 2.38. The molecule has 1 aromatic heterocycles. The number of H-pyrrole nitrogens is 1. The maximum atomic E-state index is 13.0. The molecule has 198 valence electrons. The van der Waals surface area contributed by atoms with Crippen molar-refractivity contribution in [2.24, 2.45) is 0 Å². The molecule has 1 fully saturated rings. The minimum atomic E-state index is -0.425. The number of benzene rings is 2. The van der Waals surface area contributed by atoms with Gasteiger partial charge >= 0.3 is 0 Å². The number of hydrogen-bond acceptors (Lipinski definition) is 6. The van der Waals surface area contributed by atoms with Crippen LogP contribution in [0.1, 0.15) is 28.0 Å². The average Bonchev–Trinajstić information content (AvgIpc) is 3.60. The first kappa shape index (κ1) is 25.2. The topological polar surface area (TPSA) is 122 Å². The highest BCUT2D eigenvalue weighted by atomic mass is 16.5. The van der Waals surface area contributed by atoms with E-state index in [1.54, 1.807) is 35.4 Å². The van der Waals surface area contributed by atoms with Crippen molar-refractivity contribution in [1.82, 2.24) is 20.5 Å². The van der Waals surface area contributed by atoms with Crippen LogP contribution in [0.15, 0.2) is 60.8 Å². The second-order valence-corrected chi connectivity index (χ2v) is 9.32. The number of hydrogen-bond donors (Lipinski definition) is 3. The summed E-state index contributed by atoms with van der Waals surface area (Å²) in [6.45, 7) is 0.844. The number of nitrogens with zero attached hydrogens (tertiary/aromatic N) is 1. The molecule has 3 aromatic rings. The molecular weight excluding hydrogens is 488 g/mol. The van der Waals surface area contributed by atoms with Gasteiger partial charge in [-0.3, -0.25) is 14.4 Å². The molecule has 0 unspecified atom stereocenters. The van der Waals surface area contributed by atoms with Crippen LogP contribution in [0.5, 0.6) is 17.2 Å². The number of ether oxygens (including phenoxy) is 3. The Kier molecular flexibility index (Phi) is 7.48. The van der Waals surface area contributed by atoms with Gasteiger partial charge in [0.2, 0.25) is 5.91 Å². The second kappa shape index (κ2) is 11.3. The summed E-state index contributed by atoms with van der Waals surface area (Å²) < 4.78 is 17.3. The Morgan fingerprint density at radius 3 is 2.58 bits per heavy atom. The van der Waals surface area contributed by atoms with E-state index >= 15 is 0 Å². The van der Waals surface area contributed by atoms with E-state index < -0.39 is 6.10 Å². The quantitative estimate of drug-likeness (QED) is 0.478. The summed E-state index contributed by atoms with van der Waals surface area (Å²) in [5.74, 6) is 1.01. The molecule has 5 aliphatic rings. The lowest BCUT2D eigenvalue weighted by Crippen LogP contribution is -2.45. The van der Waals surface area contributed by atoms with E-state index in [2.05, 4.69) is 15.6 Å². The van der Waals surface area contributed by atoms with E-state index in [0.717, 1.165) is 11.1 Å². The fourth-order valence-electron chi connectivity index (χ4n) is 4.61. The highest BCUT2D eigenvalue weighted by molar-refractivity contribution is 5.92. The zero-order valence-electron chi connectivity index (χ0n) is 21.1. The molecule has 2 aromatic carbocycles. The molecule has 38 heavy (non-hydrogen) atoms. The van der Waals surface area contributed by atoms with Crippen molar-refractivity contribution in [2.75, 3.05) is 26.8 Å². The molecule has 10 nitrogen and oxygen atoms in total. The third kappa shape index (κ3) is 5.91. The first-order chi connectivity index (χ1) is 18.5. The maximum Gasteiger partial charge on any atom is 0.270 e. The third-order valence-corrected chi connectivity index (χ3v) is 6.66. The lowest BCUT2D eigenvalue weighted by Gasteiger charge is -2.21. The summed E-state index contributed by atoms with van der Waals surface area (Å²) in [6.07, 6.45) is 2.00. The smallest absolute Gasteiger partial charge is 0.270 e. The van der Waals surface area contributed by atoms with E-state index in [9.17, 15) is 14.4 Å². The van der Waals surface area contributed by atoms with Crippen LogP contribution >= 0.6 is 0 Å². The van der Waals surface area contributed by atoms with Gasteiger partial charge in [0.15, 0.2) is 18.1 Å². The van der Waals surface area contributed by atoms with Crippen molar-refractivity contribution in [2.45, 2.75) is 31.5 Å². The van der Waals surface area contributed by atoms with Crippen molar-refractivity contribution in [3.63, 3.8) is 0 Å². The third-order valence-electron chi connectivity index (χ3n) is 6.66. The van der Waals surface area contributed by atoms with Gasteiger partial charge in [0.05, 0.1) is 19.7 Å². The minimum absolute atomic E-state index is 0.140. The predicted octanol–water partition coefficient (Wildman–Crippen LogP) is 2.05. The number of rotatable bonds is 2. The van der Waals surface area contributed by atoms with Crippen molar-refractivity contribution in [1.29, 1.82) is 0 Å². The predicted molar refractivity (Wildman–Crippen MR) is 138 cm³/mol. The number of aromatic nitrogens is 1. The van der Waals surface area contributed by atoms with Gasteiger partial charge in [0.1, 0.15) is 17.5 Å². The molecule has 4 bridgehead atoms. The summed E-state index contributed by atoms with van der Waals surface area (Å²) in [6, 6.07) is 15.9. The van der Waals surface area contributed by atoms with Crippen LogP contribution in [-0.2, 0) is 22.6 Å². The van der Waals surface area contributed by atoms with Crippen LogP contribution in [-0.4, -0.2) is 66.6 Å². The Morgan fingerprint density at radius 1 is 1.00 bits per heavy atom. The first-order valence-corrected chi connectivity index (χ1v) is 12.5. The molecule has 3 amide bonds. The van der Waals surface area contributed by atoms with Gasteiger partial charge in [-0.15, -0.1) is 0 Å².